The number of aryl methyl sites for hydroxylation is 1. The number of nitro groups is 1. The second-order valence-electron chi connectivity index (χ2n) is 4.67. The van der Waals surface area contributed by atoms with Gasteiger partial charge >= 0.3 is 0 Å². The van der Waals surface area contributed by atoms with Gasteiger partial charge in [0.15, 0.2) is 0 Å². The van der Waals surface area contributed by atoms with Crippen molar-refractivity contribution in [3.63, 3.8) is 0 Å². The topological polar surface area (TPSA) is 64.4 Å². The molecule has 1 aromatic carbocycles. The zero-order valence-corrected chi connectivity index (χ0v) is 11.1. The second kappa shape index (κ2) is 6.96. The number of anilines is 1. The maximum Gasteiger partial charge on any atom is 0.292 e. The van der Waals surface area contributed by atoms with Crippen molar-refractivity contribution in [2.45, 2.75) is 20.8 Å². The molecule has 0 bridgehead atoms. The summed E-state index contributed by atoms with van der Waals surface area (Å²) in [4.78, 5) is 10.5. The van der Waals surface area contributed by atoms with Gasteiger partial charge in [0, 0.05) is 19.2 Å². The van der Waals surface area contributed by atoms with Gasteiger partial charge in [-0.05, 0) is 24.5 Å². The molecule has 5 heteroatoms. The molecule has 0 spiro atoms. The predicted octanol–water partition coefficient (Wildman–Crippen LogP) is 2.99. The van der Waals surface area contributed by atoms with Crippen LogP contribution in [0, 0.1) is 23.0 Å². The Morgan fingerprint density at radius 2 is 2.17 bits per heavy atom. The van der Waals surface area contributed by atoms with E-state index in [0.717, 1.165) is 5.56 Å². The standard InChI is InChI=1S/C13H20N2O3/c1-10(2)9-18-7-6-14-12-8-11(3)4-5-13(12)15(16)17/h4-5,8,10,14H,6-7,9H2,1-3H3. The molecule has 0 heterocycles. The van der Waals surface area contributed by atoms with Gasteiger partial charge in [0.05, 0.1) is 11.5 Å². The lowest BCUT2D eigenvalue weighted by Gasteiger charge is -2.09. The zero-order chi connectivity index (χ0) is 13.5. The quantitative estimate of drug-likeness (QED) is 0.460. The Balaban J connectivity index is 2.50. The van der Waals surface area contributed by atoms with E-state index in [0.29, 0.717) is 31.4 Å². The third-order valence-electron chi connectivity index (χ3n) is 2.36. The van der Waals surface area contributed by atoms with E-state index in [4.69, 9.17) is 4.74 Å². The SMILES string of the molecule is Cc1ccc([N+](=O)[O-])c(NCCOCC(C)C)c1. The number of benzene rings is 1. The smallest absolute Gasteiger partial charge is 0.292 e. The van der Waals surface area contributed by atoms with Gasteiger partial charge < -0.3 is 10.1 Å². The molecule has 0 saturated carbocycles. The lowest BCUT2D eigenvalue weighted by molar-refractivity contribution is -0.384. The summed E-state index contributed by atoms with van der Waals surface area (Å²) in [5.41, 5.74) is 1.64. The summed E-state index contributed by atoms with van der Waals surface area (Å²) in [6, 6.07) is 5.03. The molecule has 0 amide bonds. The molecule has 0 radical (unpaired) electrons. The number of nitrogens with zero attached hydrogens (tertiary/aromatic N) is 1. The highest BCUT2D eigenvalue weighted by Crippen LogP contribution is 2.24. The Morgan fingerprint density at radius 1 is 1.44 bits per heavy atom. The van der Waals surface area contributed by atoms with Crippen molar-refractivity contribution in [1.82, 2.24) is 0 Å². The summed E-state index contributed by atoms with van der Waals surface area (Å²) in [5, 5.41) is 13.9. The Morgan fingerprint density at radius 3 is 2.78 bits per heavy atom. The molecule has 1 aromatic rings. The van der Waals surface area contributed by atoms with Crippen LogP contribution in [0.25, 0.3) is 0 Å². The molecule has 0 saturated heterocycles. The molecule has 0 aliphatic rings. The van der Waals surface area contributed by atoms with Gasteiger partial charge in [-0.15, -0.1) is 0 Å². The number of nitro benzene ring substituents is 1. The molecule has 0 atom stereocenters. The molecule has 0 aromatic heterocycles. The van der Waals surface area contributed by atoms with E-state index in [-0.39, 0.29) is 10.6 Å². The van der Waals surface area contributed by atoms with Crippen LogP contribution in [0.4, 0.5) is 11.4 Å². The van der Waals surface area contributed by atoms with Gasteiger partial charge in [0.1, 0.15) is 5.69 Å². The molecule has 0 unspecified atom stereocenters. The fraction of sp³-hybridized carbons (Fsp3) is 0.538. The molecule has 1 rings (SSSR count). The van der Waals surface area contributed by atoms with Crippen molar-refractivity contribution < 1.29 is 9.66 Å². The third kappa shape index (κ3) is 4.71. The molecule has 100 valence electrons. The average Bonchev–Trinajstić information content (AvgIpc) is 2.27. The van der Waals surface area contributed by atoms with Crippen molar-refractivity contribution in [2.24, 2.45) is 5.92 Å². The van der Waals surface area contributed by atoms with Crippen LogP contribution in [0.3, 0.4) is 0 Å². The molecule has 5 nitrogen and oxygen atoms in total. The number of hydrogen-bond acceptors (Lipinski definition) is 4. The van der Waals surface area contributed by atoms with Gasteiger partial charge in [0.2, 0.25) is 0 Å². The van der Waals surface area contributed by atoms with Crippen LogP contribution in [0.5, 0.6) is 0 Å². The van der Waals surface area contributed by atoms with E-state index in [1.165, 1.54) is 6.07 Å². The number of ether oxygens (including phenoxy) is 1. The average molecular weight is 252 g/mol. The predicted molar refractivity (Wildman–Crippen MR) is 72.0 cm³/mol. The number of rotatable bonds is 7. The minimum absolute atomic E-state index is 0.101. The monoisotopic (exact) mass is 252 g/mol. The number of hydrogen-bond donors (Lipinski definition) is 1. The van der Waals surface area contributed by atoms with E-state index < -0.39 is 0 Å². The van der Waals surface area contributed by atoms with Gasteiger partial charge in [-0.3, -0.25) is 10.1 Å². The van der Waals surface area contributed by atoms with Crippen LogP contribution in [-0.4, -0.2) is 24.7 Å². The van der Waals surface area contributed by atoms with Crippen LogP contribution < -0.4 is 5.32 Å². The highest BCUT2D eigenvalue weighted by molar-refractivity contribution is 5.62. The highest BCUT2D eigenvalue weighted by atomic mass is 16.6. The van der Waals surface area contributed by atoms with E-state index in [1.54, 1.807) is 12.1 Å². The van der Waals surface area contributed by atoms with Crippen molar-refractivity contribution in [3.05, 3.63) is 33.9 Å². The summed E-state index contributed by atoms with van der Waals surface area (Å²) in [5.74, 6) is 0.498. The maximum absolute atomic E-state index is 10.8. The molecule has 0 aliphatic carbocycles. The van der Waals surface area contributed by atoms with E-state index in [1.807, 2.05) is 6.92 Å². The van der Waals surface area contributed by atoms with Gasteiger partial charge in [-0.25, -0.2) is 0 Å². The summed E-state index contributed by atoms with van der Waals surface area (Å²) in [6.07, 6.45) is 0. The van der Waals surface area contributed by atoms with E-state index in [9.17, 15) is 10.1 Å². The fourth-order valence-corrected chi connectivity index (χ4v) is 1.53. The second-order valence-corrected chi connectivity index (χ2v) is 4.67. The lowest BCUT2D eigenvalue weighted by atomic mass is 10.2. The first kappa shape index (κ1) is 14.4. The molecule has 0 fully saturated rings. The van der Waals surface area contributed by atoms with Crippen LogP contribution in [0.2, 0.25) is 0 Å². The normalized spacial score (nSPS) is 10.7. The molecule has 1 N–H and O–H groups in total. The first-order valence-corrected chi connectivity index (χ1v) is 6.07. The Labute approximate surface area is 107 Å². The first-order chi connectivity index (χ1) is 8.50. The summed E-state index contributed by atoms with van der Waals surface area (Å²) >= 11 is 0. The third-order valence-corrected chi connectivity index (χ3v) is 2.36. The summed E-state index contributed by atoms with van der Waals surface area (Å²) < 4.78 is 5.42. The van der Waals surface area contributed by atoms with Crippen molar-refractivity contribution >= 4 is 11.4 Å². The van der Waals surface area contributed by atoms with Crippen molar-refractivity contribution in [1.29, 1.82) is 0 Å². The number of nitrogens with one attached hydrogen (secondary N) is 1. The van der Waals surface area contributed by atoms with Crippen LogP contribution in [0.1, 0.15) is 19.4 Å². The Bertz CT molecular complexity index is 405. The van der Waals surface area contributed by atoms with Crippen LogP contribution >= 0.6 is 0 Å². The minimum Gasteiger partial charge on any atom is -0.379 e. The van der Waals surface area contributed by atoms with Crippen molar-refractivity contribution in [2.75, 3.05) is 25.1 Å². The van der Waals surface area contributed by atoms with Gasteiger partial charge in [-0.1, -0.05) is 19.9 Å². The Hall–Kier alpha value is -1.62. The molecule has 18 heavy (non-hydrogen) atoms. The van der Waals surface area contributed by atoms with Gasteiger partial charge in [0.25, 0.3) is 5.69 Å². The lowest BCUT2D eigenvalue weighted by Crippen LogP contribution is -2.13. The van der Waals surface area contributed by atoms with E-state index in [2.05, 4.69) is 19.2 Å². The zero-order valence-electron chi connectivity index (χ0n) is 11.1. The maximum atomic E-state index is 10.8. The minimum atomic E-state index is -0.378. The summed E-state index contributed by atoms with van der Waals surface area (Å²) in [6.45, 7) is 7.89. The largest absolute Gasteiger partial charge is 0.379 e. The Kier molecular flexibility index (Phi) is 5.58. The molecular formula is C13H20N2O3. The molecular weight excluding hydrogens is 232 g/mol. The highest BCUT2D eigenvalue weighted by Gasteiger charge is 2.12. The van der Waals surface area contributed by atoms with Gasteiger partial charge in [-0.2, -0.15) is 0 Å². The fourth-order valence-electron chi connectivity index (χ4n) is 1.53. The van der Waals surface area contributed by atoms with Crippen LogP contribution in [0.15, 0.2) is 18.2 Å². The van der Waals surface area contributed by atoms with Crippen LogP contribution in [-0.2, 0) is 4.74 Å². The van der Waals surface area contributed by atoms with E-state index >= 15 is 0 Å². The summed E-state index contributed by atoms with van der Waals surface area (Å²) in [7, 11) is 0. The first-order valence-electron chi connectivity index (χ1n) is 6.07. The van der Waals surface area contributed by atoms with Crippen molar-refractivity contribution in [3.8, 4) is 0 Å². The molecule has 0 aliphatic heterocycles.